The van der Waals surface area contributed by atoms with E-state index in [1.54, 1.807) is 0 Å². The Bertz CT molecular complexity index is 211. The molecule has 0 spiro atoms. The fraction of sp³-hybridized carbons (Fsp3) is 0.750. The summed E-state index contributed by atoms with van der Waals surface area (Å²) in [6.07, 6.45) is -3.09. The molecule has 0 radical (unpaired) electrons. The first-order chi connectivity index (χ1) is 7.01. The maximum Gasteiger partial charge on any atom is 0.335 e. The normalized spacial score (nSPS) is 12.5. The summed E-state index contributed by atoms with van der Waals surface area (Å²) in [7, 11) is 2.71. The fourth-order valence-corrected chi connectivity index (χ4v) is 0.727. The summed E-state index contributed by atoms with van der Waals surface area (Å²) in [4.78, 5) is 21.1. The highest BCUT2D eigenvalue weighted by Gasteiger charge is 2.21. The van der Waals surface area contributed by atoms with Gasteiger partial charge < -0.3 is 24.4 Å². The number of hydrogen-bond donors (Lipinski definition) is 2. The van der Waals surface area contributed by atoms with Crippen LogP contribution in [0.3, 0.4) is 0 Å². The lowest BCUT2D eigenvalue weighted by Crippen LogP contribution is -2.30. The van der Waals surface area contributed by atoms with Crippen molar-refractivity contribution in [3.63, 3.8) is 0 Å². The molecule has 0 heterocycles. The monoisotopic (exact) mass is 222 g/mol. The molecule has 2 N–H and O–H groups in total. The van der Waals surface area contributed by atoms with Crippen LogP contribution in [0.2, 0.25) is 0 Å². The minimum Gasteiger partial charge on any atom is -0.481 e. The van der Waals surface area contributed by atoms with Crippen molar-refractivity contribution in [1.82, 2.24) is 0 Å². The second-order valence-corrected chi connectivity index (χ2v) is 2.64. The number of carbonyl (C=O) groups is 2. The van der Waals surface area contributed by atoms with Crippen molar-refractivity contribution in [2.75, 3.05) is 20.8 Å². The molecule has 1 unspecified atom stereocenters. The van der Waals surface area contributed by atoms with Gasteiger partial charge in [-0.3, -0.25) is 4.79 Å². The minimum absolute atomic E-state index is 0.206. The molecule has 0 fully saturated rings. The van der Waals surface area contributed by atoms with Crippen LogP contribution in [0.1, 0.15) is 6.42 Å². The van der Waals surface area contributed by atoms with Crippen LogP contribution in [-0.2, 0) is 23.8 Å². The lowest BCUT2D eigenvalue weighted by atomic mass is 10.2. The second kappa shape index (κ2) is 7.16. The third-order valence-electron chi connectivity index (χ3n) is 1.53. The molecule has 0 aliphatic carbocycles. The predicted octanol–water partition coefficient (Wildman–Crippen LogP) is -1.02. The first-order valence-corrected chi connectivity index (χ1v) is 4.13. The van der Waals surface area contributed by atoms with Crippen molar-refractivity contribution in [3.8, 4) is 0 Å². The Kier molecular flexibility index (Phi) is 6.59. The predicted molar refractivity (Wildman–Crippen MR) is 47.0 cm³/mol. The molecule has 0 saturated heterocycles. The molecule has 0 aromatic rings. The summed E-state index contributed by atoms with van der Waals surface area (Å²) in [5.74, 6) is -2.30. The average molecular weight is 222 g/mol. The Morgan fingerprint density at radius 1 is 1.27 bits per heavy atom. The summed E-state index contributed by atoms with van der Waals surface area (Å²) < 4.78 is 14.0. The van der Waals surface area contributed by atoms with E-state index in [4.69, 9.17) is 19.7 Å². The zero-order valence-corrected chi connectivity index (χ0v) is 8.50. The molecule has 0 amide bonds. The van der Waals surface area contributed by atoms with Gasteiger partial charge in [0.15, 0.2) is 12.4 Å². The van der Waals surface area contributed by atoms with E-state index in [-0.39, 0.29) is 6.61 Å². The lowest BCUT2D eigenvalue weighted by molar-refractivity contribution is -0.175. The van der Waals surface area contributed by atoms with Gasteiger partial charge >= 0.3 is 11.9 Å². The lowest BCUT2D eigenvalue weighted by Gasteiger charge is -2.14. The number of aliphatic hydroxyl groups excluding tert-OH is 1. The number of aliphatic carboxylic acids is 1. The Balaban J connectivity index is 3.86. The zero-order valence-electron chi connectivity index (χ0n) is 8.50. The summed E-state index contributed by atoms with van der Waals surface area (Å²) in [6.45, 7) is -0.206. The Morgan fingerprint density at radius 2 is 1.80 bits per heavy atom. The second-order valence-electron chi connectivity index (χ2n) is 2.64. The first-order valence-electron chi connectivity index (χ1n) is 4.13. The molecule has 1 atom stereocenters. The standard InChI is InChI=1S/C8H14O7/c1-13-7(14-2)4-15-8(12)5(9)3-6(10)11/h5,7,9H,3-4H2,1-2H3,(H,10,11). The largest absolute Gasteiger partial charge is 0.481 e. The molecule has 0 bridgehead atoms. The molecule has 0 rings (SSSR count). The molecule has 0 saturated carbocycles. The Morgan fingerprint density at radius 3 is 2.20 bits per heavy atom. The van der Waals surface area contributed by atoms with Crippen LogP contribution < -0.4 is 0 Å². The SMILES string of the molecule is COC(COC(=O)C(O)CC(=O)O)OC. The van der Waals surface area contributed by atoms with E-state index >= 15 is 0 Å². The van der Waals surface area contributed by atoms with E-state index in [0.29, 0.717) is 0 Å². The summed E-state index contributed by atoms with van der Waals surface area (Å²) >= 11 is 0. The molecule has 0 aliphatic heterocycles. The Hall–Kier alpha value is -1.18. The highest BCUT2D eigenvalue weighted by molar-refractivity contribution is 5.80. The van der Waals surface area contributed by atoms with Gasteiger partial charge in [0.2, 0.25) is 0 Å². The van der Waals surface area contributed by atoms with Crippen LogP contribution in [0, 0.1) is 0 Å². The van der Waals surface area contributed by atoms with Gasteiger partial charge in [0.1, 0.15) is 6.61 Å². The van der Waals surface area contributed by atoms with E-state index in [1.165, 1.54) is 14.2 Å². The summed E-state index contributed by atoms with van der Waals surface area (Å²) in [5.41, 5.74) is 0. The van der Waals surface area contributed by atoms with Crippen molar-refractivity contribution in [2.45, 2.75) is 18.8 Å². The molecule has 7 nitrogen and oxygen atoms in total. The fourth-order valence-electron chi connectivity index (χ4n) is 0.727. The highest BCUT2D eigenvalue weighted by Crippen LogP contribution is 1.98. The number of ether oxygens (including phenoxy) is 3. The van der Waals surface area contributed by atoms with E-state index in [9.17, 15) is 9.59 Å². The maximum atomic E-state index is 11.0. The van der Waals surface area contributed by atoms with Gasteiger partial charge in [-0.15, -0.1) is 0 Å². The van der Waals surface area contributed by atoms with Gasteiger partial charge in [0.05, 0.1) is 6.42 Å². The molecular weight excluding hydrogens is 208 g/mol. The van der Waals surface area contributed by atoms with Gasteiger partial charge in [-0.1, -0.05) is 0 Å². The van der Waals surface area contributed by atoms with Gasteiger partial charge in [0, 0.05) is 14.2 Å². The van der Waals surface area contributed by atoms with Gasteiger partial charge in [0.25, 0.3) is 0 Å². The first kappa shape index (κ1) is 13.8. The third-order valence-corrected chi connectivity index (χ3v) is 1.53. The molecule has 88 valence electrons. The number of hydrogen-bond acceptors (Lipinski definition) is 6. The van der Waals surface area contributed by atoms with E-state index in [1.807, 2.05) is 0 Å². The molecular formula is C8H14O7. The summed E-state index contributed by atoms with van der Waals surface area (Å²) in [6, 6.07) is 0. The van der Waals surface area contributed by atoms with Gasteiger partial charge in [-0.05, 0) is 0 Å². The Labute approximate surface area is 86.5 Å². The average Bonchev–Trinajstić information content (AvgIpc) is 2.18. The number of rotatable bonds is 7. The van der Waals surface area contributed by atoms with E-state index in [2.05, 4.69) is 4.74 Å². The number of carboxylic acid groups (broad SMARTS) is 1. The quantitative estimate of drug-likeness (QED) is 0.420. The van der Waals surface area contributed by atoms with Crippen molar-refractivity contribution < 1.29 is 34.0 Å². The maximum absolute atomic E-state index is 11.0. The summed E-state index contributed by atoms with van der Waals surface area (Å²) in [5, 5.41) is 17.3. The van der Waals surface area contributed by atoms with Crippen molar-refractivity contribution in [3.05, 3.63) is 0 Å². The van der Waals surface area contributed by atoms with Gasteiger partial charge in [-0.2, -0.15) is 0 Å². The van der Waals surface area contributed by atoms with Crippen LogP contribution in [0.5, 0.6) is 0 Å². The van der Waals surface area contributed by atoms with Crippen LogP contribution >= 0.6 is 0 Å². The van der Waals surface area contributed by atoms with Crippen LogP contribution in [0.15, 0.2) is 0 Å². The van der Waals surface area contributed by atoms with E-state index < -0.39 is 30.8 Å². The molecule has 7 heteroatoms. The van der Waals surface area contributed by atoms with Crippen LogP contribution in [0.25, 0.3) is 0 Å². The number of methoxy groups -OCH3 is 2. The van der Waals surface area contributed by atoms with Gasteiger partial charge in [-0.25, -0.2) is 4.79 Å². The van der Waals surface area contributed by atoms with Crippen molar-refractivity contribution in [2.24, 2.45) is 0 Å². The highest BCUT2D eigenvalue weighted by atomic mass is 16.7. The van der Waals surface area contributed by atoms with E-state index in [0.717, 1.165) is 0 Å². The zero-order chi connectivity index (χ0) is 11.8. The number of carboxylic acids is 1. The molecule has 0 aliphatic rings. The molecule has 15 heavy (non-hydrogen) atoms. The van der Waals surface area contributed by atoms with Crippen molar-refractivity contribution >= 4 is 11.9 Å². The number of esters is 1. The molecule has 0 aromatic heterocycles. The van der Waals surface area contributed by atoms with Crippen molar-refractivity contribution in [1.29, 1.82) is 0 Å². The van der Waals surface area contributed by atoms with Crippen LogP contribution in [0.4, 0.5) is 0 Å². The third kappa shape index (κ3) is 6.00. The van der Waals surface area contributed by atoms with Crippen LogP contribution in [-0.4, -0.2) is 55.4 Å². The smallest absolute Gasteiger partial charge is 0.335 e. The minimum atomic E-state index is -1.67. The number of aliphatic hydroxyl groups is 1. The number of carbonyl (C=O) groups excluding carboxylic acids is 1. The topological polar surface area (TPSA) is 102 Å². The molecule has 0 aromatic carbocycles.